The monoisotopic (exact) mass is 346 g/mol. The summed E-state index contributed by atoms with van der Waals surface area (Å²) in [6.07, 6.45) is 5.94. The standard InChI is InChI=1S/C17H19ClN4S/c1-2-11-10-22-16(20-11)23-14-8-5-9-17(19,15(14)21-22)12-6-3-4-7-13(12)18/h3-4,6-7,10,14H,2,5,8-9,19H2,1H3. The SMILES string of the molecule is CCc1cn2c(n1)SC1CCCC(N)(c3ccccc3Cl)C1=N2. The van der Waals surface area contributed by atoms with E-state index >= 15 is 0 Å². The lowest BCUT2D eigenvalue weighted by Crippen LogP contribution is -2.53. The molecule has 1 aliphatic heterocycles. The van der Waals surface area contributed by atoms with E-state index in [0.29, 0.717) is 5.02 Å². The molecule has 2 aliphatic rings. The molecule has 23 heavy (non-hydrogen) atoms. The van der Waals surface area contributed by atoms with E-state index in [-0.39, 0.29) is 5.25 Å². The molecule has 4 nitrogen and oxygen atoms in total. The summed E-state index contributed by atoms with van der Waals surface area (Å²) < 4.78 is 1.89. The van der Waals surface area contributed by atoms with Crippen LogP contribution in [0.1, 0.15) is 37.4 Å². The Hall–Kier alpha value is -1.30. The molecule has 1 aliphatic carbocycles. The van der Waals surface area contributed by atoms with Crippen LogP contribution in [0.3, 0.4) is 0 Å². The van der Waals surface area contributed by atoms with Gasteiger partial charge in [0.1, 0.15) is 0 Å². The van der Waals surface area contributed by atoms with Gasteiger partial charge in [-0.15, -0.1) is 0 Å². The zero-order valence-corrected chi connectivity index (χ0v) is 14.6. The van der Waals surface area contributed by atoms with E-state index in [2.05, 4.69) is 11.9 Å². The van der Waals surface area contributed by atoms with Crippen LogP contribution in [0.4, 0.5) is 0 Å². The Morgan fingerprint density at radius 3 is 3.04 bits per heavy atom. The first-order chi connectivity index (χ1) is 11.1. The number of nitrogens with zero attached hydrogens (tertiary/aromatic N) is 3. The molecule has 0 bridgehead atoms. The normalized spacial score (nSPS) is 26.4. The molecule has 1 saturated carbocycles. The highest BCUT2D eigenvalue weighted by Crippen LogP contribution is 2.44. The van der Waals surface area contributed by atoms with Gasteiger partial charge < -0.3 is 5.73 Å². The minimum absolute atomic E-state index is 0.282. The van der Waals surface area contributed by atoms with Crippen molar-refractivity contribution in [2.75, 3.05) is 0 Å². The molecule has 1 aromatic carbocycles. The van der Waals surface area contributed by atoms with Crippen LogP contribution in [0.5, 0.6) is 0 Å². The second-order valence-electron chi connectivity index (χ2n) is 6.15. The Bertz CT molecular complexity index is 785. The minimum Gasteiger partial charge on any atom is -0.317 e. The smallest absolute Gasteiger partial charge is 0.189 e. The number of hydrogen-bond acceptors (Lipinski definition) is 4. The summed E-state index contributed by atoms with van der Waals surface area (Å²) >= 11 is 8.22. The first-order valence-electron chi connectivity index (χ1n) is 8.00. The van der Waals surface area contributed by atoms with Crippen molar-refractivity contribution in [1.29, 1.82) is 0 Å². The maximum atomic E-state index is 6.87. The average molecular weight is 347 g/mol. The molecule has 2 unspecified atom stereocenters. The van der Waals surface area contributed by atoms with Crippen LogP contribution in [0.2, 0.25) is 5.02 Å². The summed E-state index contributed by atoms with van der Waals surface area (Å²) in [4.78, 5) is 4.65. The zero-order chi connectivity index (χ0) is 16.0. The molecule has 0 saturated heterocycles. The Labute approximate surface area is 145 Å². The van der Waals surface area contributed by atoms with Crippen LogP contribution in [0.15, 0.2) is 40.7 Å². The number of aromatic nitrogens is 2. The summed E-state index contributed by atoms with van der Waals surface area (Å²) in [5.41, 5.74) is 9.34. The molecular formula is C17H19ClN4S. The number of benzene rings is 1. The number of hydrogen-bond donors (Lipinski definition) is 1. The van der Waals surface area contributed by atoms with Crippen LogP contribution in [-0.4, -0.2) is 20.6 Å². The lowest BCUT2D eigenvalue weighted by atomic mass is 9.75. The van der Waals surface area contributed by atoms with Crippen molar-refractivity contribution in [1.82, 2.24) is 9.66 Å². The van der Waals surface area contributed by atoms with E-state index in [4.69, 9.17) is 22.4 Å². The van der Waals surface area contributed by atoms with Gasteiger partial charge in [0.25, 0.3) is 0 Å². The highest BCUT2D eigenvalue weighted by molar-refractivity contribution is 8.00. The van der Waals surface area contributed by atoms with Gasteiger partial charge in [0.2, 0.25) is 0 Å². The third-order valence-electron chi connectivity index (χ3n) is 4.69. The highest BCUT2D eigenvalue weighted by atomic mass is 35.5. The number of rotatable bonds is 2. The van der Waals surface area contributed by atoms with E-state index in [1.54, 1.807) is 11.8 Å². The quantitative estimate of drug-likeness (QED) is 0.899. The van der Waals surface area contributed by atoms with E-state index in [1.165, 1.54) is 0 Å². The van der Waals surface area contributed by atoms with E-state index in [1.807, 2.05) is 35.1 Å². The van der Waals surface area contributed by atoms with Crippen LogP contribution < -0.4 is 5.73 Å². The third kappa shape index (κ3) is 2.42. The van der Waals surface area contributed by atoms with Crippen molar-refractivity contribution < 1.29 is 0 Å². The summed E-state index contributed by atoms with van der Waals surface area (Å²) in [6, 6.07) is 7.87. The largest absolute Gasteiger partial charge is 0.317 e. The zero-order valence-electron chi connectivity index (χ0n) is 13.0. The molecule has 2 atom stereocenters. The van der Waals surface area contributed by atoms with Crippen molar-refractivity contribution in [2.24, 2.45) is 10.8 Å². The van der Waals surface area contributed by atoms with Crippen LogP contribution >= 0.6 is 23.4 Å². The van der Waals surface area contributed by atoms with Crippen molar-refractivity contribution in [3.05, 3.63) is 46.7 Å². The van der Waals surface area contributed by atoms with Gasteiger partial charge in [-0.2, -0.15) is 5.10 Å². The fourth-order valence-electron chi connectivity index (χ4n) is 3.45. The fraction of sp³-hybridized carbons (Fsp3) is 0.412. The van der Waals surface area contributed by atoms with Gasteiger partial charge in [-0.3, -0.25) is 0 Å². The molecule has 1 fully saturated rings. The first-order valence-corrected chi connectivity index (χ1v) is 9.25. The molecule has 2 N–H and O–H groups in total. The average Bonchev–Trinajstić information content (AvgIpc) is 2.96. The van der Waals surface area contributed by atoms with Gasteiger partial charge in [0.15, 0.2) is 5.16 Å². The Morgan fingerprint density at radius 2 is 2.26 bits per heavy atom. The number of thioether (sulfide) groups is 1. The molecule has 2 aromatic rings. The maximum absolute atomic E-state index is 6.87. The molecule has 0 radical (unpaired) electrons. The molecule has 0 spiro atoms. The summed E-state index contributed by atoms with van der Waals surface area (Å²) in [5, 5.41) is 6.84. The van der Waals surface area contributed by atoms with Crippen molar-refractivity contribution in [3.63, 3.8) is 0 Å². The predicted molar refractivity (Wildman–Crippen MR) is 95.3 cm³/mol. The Morgan fingerprint density at radius 1 is 1.43 bits per heavy atom. The van der Waals surface area contributed by atoms with E-state index < -0.39 is 5.54 Å². The Kier molecular flexibility index (Phi) is 3.75. The highest BCUT2D eigenvalue weighted by Gasteiger charge is 2.44. The summed E-state index contributed by atoms with van der Waals surface area (Å²) in [6.45, 7) is 2.11. The maximum Gasteiger partial charge on any atom is 0.189 e. The van der Waals surface area contributed by atoms with Crippen molar-refractivity contribution >= 4 is 29.1 Å². The lowest BCUT2D eigenvalue weighted by molar-refractivity contribution is 0.463. The fourth-order valence-corrected chi connectivity index (χ4v) is 5.03. The third-order valence-corrected chi connectivity index (χ3v) is 6.25. The Balaban J connectivity index is 1.84. The second kappa shape index (κ2) is 5.65. The van der Waals surface area contributed by atoms with Gasteiger partial charge in [-0.1, -0.05) is 48.5 Å². The number of fused-ring (bicyclic) bond motifs is 2. The minimum atomic E-state index is -0.595. The van der Waals surface area contributed by atoms with E-state index in [0.717, 1.165) is 47.8 Å². The molecule has 1 aromatic heterocycles. The van der Waals surface area contributed by atoms with Gasteiger partial charge in [0, 0.05) is 5.02 Å². The molecule has 2 heterocycles. The number of nitrogens with two attached hydrogens (primary N) is 1. The number of halogens is 1. The predicted octanol–water partition coefficient (Wildman–Crippen LogP) is 3.82. The molecule has 6 heteroatoms. The molecule has 4 rings (SSSR count). The van der Waals surface area contributed by atoms with E-state index in [9.17, 15) is 0 Å². The molecular weight excluding hydrogens is 328 g/mol. The summed E-state index contributed by atoms with van der Waals surface area (Å²) in [5.74, 6) is 0. The van der Waals surface area contributed by atoms with Crippen molar-refractivity contribution in [3.8, 4) is 0 Å². The van der Waals surface area contributed by atoms with Crippen LogP contribution in [0.25, 0.3) is 0 Å². The molecule has 0 amide bonds. The molecule has 120 valence electrons. The van der Waals surface area contributed by atoms with Crippen LogP contribution in [0, 0.1) is 0 Å². The summed E-state index contributed by atoms with van der Waals surface area (Å²) in [7, 11) is 0. The number of imidazole rings is 1. The topological polar surface area (TPSA) is 56.2 Å². The van der Waals surface area contributed by atoms with Crippen LogP contribution in [-0.2, 0) is 12.0 Å². The lowest BCUT2D eigenvalue weighted by Gasteiger charge is -2.41. The van der Waals surface area contributed by atoms with Gasteiger partial charge in [-0.25, -0.2) is 9.66 Å². The van der Waals surface area contributed by atoms with Gasteiger partial charge in [-0.05, 0) is 37.3 Å². The first kappa shape index (κ1) is 15.2. The second-order valence-corrected chi connectivity index (χ2v) is 7.73. The van der Waals surface area contributed by atoms with Gasteiger partial charge >= 0.3 is 0 Å². The number of aryl methyl sites for hydroxylation is 1. The van der Waals surface area contributed by atoms with Gasteiger partial charge in [0.05, 0.1) is 28.4 Å². The van der Waals surface area contributed by atoms with Crippen molar-refractivity contribution in [2.45, 2.75) is 48.6 Å².